The topological polar surface area (TPSA) is 237 Å². The van der Waals surface area contributed by atoms with Crippen LogP contribution in [0, 0.1) is 0 Å². The molecule has 3 heterocycles. The molecule has 268 valence electrons. The summed E-state index contributed by atoms with van der Waals surface area (Å²) in [7, 11) is 16.5. The maximum atomic E-state index is 11.2. The van der Waals surface area contributed by atoms with E-state index in [9.17, 15) is 24.0 Å². The lowest BCUT2D eigenvalue weighted by molar-refractivity contribution is -0.158. The summed E-state index contributed by atoms with van der Waals surface area (Å²) in [6.07, 6.45) is -0.587. The van der Waals surface area contributed by atoms with Crippen LogP contribution in [0.1, 0.15) is 72.6 Å². The van der Waals surface area contributed by atoms with Gasteiger partial charge in [0, 0.05) is 56.5 Å². The highest BCUT2D eigenvalue weighted by molar-refractivity contribution is 6.11. The fourth-order valence-corrected chi connectivity index (χ4v) is 3.98. The van der Waals surface area contributed by atoms with Crippen molar-refractivity contribution >= 4 is 53.4 Å². The Hall–Kier alpha value is -2.70. The first-order chi connectivity index (χ1) is 22.6. The number of ether oxygens (including phenoxy) is 7. The third-order valence-electron chi connectivity index (χ3n) is 6.61. The molecule has 0 saturated carbocycles. The molecule has 0 aliphatic carbocycles. The lowest BCUT2D eigenvalue weighted by Crippen LogP contribution is -2.33. The van der Waals surface area contributed by atoms with Gasteiger partial charge in [0.2, 0.25) is 0 Å². The van der Waals surface area contributed by atoms with Gasteiger partial charge in [0.1, 0.15) is 67.3 Å². The molecule has 9 atom stereocenters. The summed E-state index contributed by atoms with van der Waals surface area (Å²) in [5.41, 5.74) is 5.10. The molecule has 16 nitrogen and oxygen atoms in total. The second kappa shape index (κ2) is 25.3. The zero-order valence-electron chi connectivity index (χ0n) is 28.0. The van der Waals surface area contributed by atoms with Crippen molar-refractivity contribution in [2.24, 2.45) is 5.73 Å². The van der Waals surface area contributed by atoms with E-state index in [4.69, 9.17) is 77.8 Å². The minimum Gasteiger partial charge on any atom is -0.481 e. The standard InChI is InChI=1S/C11H17BO5.C10H16BNO5.C5H9BO3.C3H6O2/c1-3-10(13)15-6-8-7(5-9(12)16-8)17-11(14)4-2;1-2-9(13)17-6-3-8(11)16-7(6)5-15-10(14)4-12;6-5-1-3(8)4(2-7)9-5;1-2-3(4)5/h7-9H,3-6H2,1-2H3;6-8H,2-5,12H2,1H3;3-5,7-8H,1-2H2;2H2,1H3,(H,4,5)/t7?,8-,9-;6?,7-,8-;3?,4-,5-;/m000./s1. The van der Waals surface area contributed by atoms with E-state index in [1.54, 1.807) is 27.7 Å². The van der Waals surface area contributed by atoms with E-state index >= 15 is 0 Å². The largest absolute Gasteiger partial charge is 0.481 e. The number of carboxylic acid groups (broad SMARTS) is 1. The molecule has 0 amide bonds. The van der Waals surface area contributed by atoms with Crippen LogP contribution in [0.2, 0.25) is 0 Å². The van der Waals surface area contributed by atoms with Crippen LogP contribution in [0.15, 0.2) is 0 Å². The fraction of sp³-hybridized carbons (Fsp3) is 0.828. The molecule has 5 N–H and O–H groups in total. The van der Waals surface area contributed by atoms with E-state index in [2.05, 4.69) is 0 Å². The van der Waals surface area contributed by atoms with Crippen LogP contribution in [-0.2, 0) is 57.1 Å². The smallest absolute Gasteiger partial charge is 0.319 e. The minimum atomic E-state index is -0.745. The summed E-state index contributed by atoms with van der Waals surface area (Å²) in [5, 5.41) is 25.2. The number of rotatable bonds is 12. The van der Waals surface area contributed by atoms with E-state index in [-0.39, 0.29) is 57.1 Å². The van der Waals surface area contributed by atoms with Gasteiger partial charge in [-0.3, -0.25) is 24.0 Å². The zero-order chi connectivity index (χ0) is 36.8. The number of carboxylic acids is 1. The number of aliphatic hydroxyl groups excluding tert-OH is 2. The average Bonchev–Trinajstić information content (AvgIpc) is 3.72. The van der Waals surface area contributed by atoms with Gasteiger partial charge in [-0.2, -0.15) is 0 Å². The van der Waals surface area contributed by atoms with Gasteiger partial charge in [-0.05, 0) is 6.42 Å². The summed E-state index contributed by atoms with van der Waals surface area (Å²) in [5.74, 6) is -2.23. The fourth-order valence-electron chi connectivity index (χ4n) is 3.98. The molecule has 3 unspecified atom stereocenters. The van der Waals surface area contributed by atoms with E-state index in [1.165, 1.54) is 0 Å². The van der Waals surface area contributed by atoms with Gasteiger partial charge in [0.15, 0.2) is 0 Å². The molecule has 0 bridgehead atoms. The Morgan fingerprint density at radius 2 is 1.04 bits per heavy atom. The van der Waals surface area contributed by atoms with Gasteiger partial charge in [-0.25, -0.2) is 0 Å². The van der Waals surface area contributed by atoms with Gasteiger partial charge in [0.25, 0.3) is 0 Å². The minimum absolute atomic E-state index is 0.00854. The monoisotopic (exact) mass is 683 g/mol. The van der Waals surface area contributed by atoms with Gasteiger partial charge < -0.3 is 54.2 Å². The molecule has 3 rings (SSSR count). The van der Waals surface area contributed by atoms with Crippen LogP contribution in [0.4, 0.5) is 0 Å². The summed E-state index contributed by atoms with van der Waals surface area (Å²) < 4.78 is 35.6. The van der Waals surface area contributed by atoms with Gasteiger partial charge in [-0.1, -0.05) is 27.7 Å². The molecule has 48 heavy (non-hydrogen) atoms. The van der Waals surface area contributed by atoms with E-state index in [0.717, 1.165) is 0 Å². The molecule has 6 radical (unpaired) electrons. The number of aliphatic hydroxyl groups is 2. The number of nitrogens with two attached hydrogens (primary N) is 1. The highest BCUT2D eigenvalue weighted by Gasteiger charge is 2.37. The van der Waals surface area contributed by atoms with E-state index < -0.39 is 66.6 Å². The van der Waals surface area contributed by atoms with Crippen LogP contribution < -0.4 is 5.73 Å². The summed E-state index contributed by atoms with van der Waals surface area (Å²) in [4.78, 5) is 53.6. The van der Waals surface area contributed by atoms with Crippen LogP contribution in [-0.4, -0.2) is 150 Å². The summed E-state index contributed by atoms with van der Waals surface area (Å²) in [6, 6.07) is -1.39. The number of hydrogen-bond acceptors (Lipinski definition) is 15. The second-order valence-corrected chi connectivity index (χ2v) is 10.5. The number of hydrogen-bond donors (Lipinski definition) is 4. The number of esters is 4. The predicted octanol–water partition coefficient (Wildman–Crippen LogP) is -1.26. The van der Waals surface area contributed by atoms with Gasteiger partial charge >= 0.3 is 29.8 Å². The van der Waals surface area contributed by atoms with Crippen LogP contribution >= 0.6 is 0 Å². The molecule has 3 aliphatic heterocycles. The van der Waals surface area contributed by atoms with Crippen molar-refractivity contribution in [1.29, 1.82) is 0 Å². The third-order valence-corrected chi connectivity index (χ3v) is 6.61. The average molecular weight is 683 g/mol. The first-order valence-corrected chi connectivity index (χ1v) is 15.8. The number of aliphatic carboxylic acids is 1. The first-order valence-electron chi connectivity index (χ1n) is 15.8. The maximum Gasteiger partial charge on any atom is 0.319 e. The molecule has 3 aliphatic rings. The Morgan fingerprint density at radius 1 is 0.667 bits per heavy atom. The molecular weight excluding hydrogens is 635 g/mol. The normalized spacial score (nSPS) is 28.6. The van der Waals surface area contributed by atoms with Gasteiger partial charge in [-0.15, -0.1) is 0 Å². The molecule has 0 aromatic rings. The molecule has 0 spiro atoms. The Morgan fingerprint density at radius 3 is 1.33 bits per heavy atom. The van der Waals surface area contributed by atoms with Crippen molar-refractivity contribution in [2.75, 3.05) is 26.4 Å². The molecule has 3 saturated heterocycles. The molecule has 0 aromatic carbocycles. The number of carbonyl (C=O) groups is 5. The Balaban J connectivity index is 0.000000668. The molecule has 19 heteroatoms. The van der Waals surface area contributed by atoms with E-state index in [0.29, 0.717) is 32.1 Å². The summed E-state index contributed by atoms with van der Waals surface area (Å²) >= 11 is 0. The van der Waals surface area contributed by atoms with Crippen LogP contribution in [0.25, 0.3) is 0 Å². The van der Waals surface area contributed by atoms with Crippen molar-refractivity contribution in [3.8, 4) is 0 Å². The predicted molar refractivity (Wildman–Crippen MR) is 170 cm³/mol. The van der Waals surface area contributed by atoms with Gasteiger partial charge in [0.05, 0.1) is 19.3 Å². The Bertz CT molecular complexity index is 922. The van der Waals surface area contributed by atoms with Crippen molar-refractivity contribution in [3.05, 3.63) is 0 Å². The molecular formula is C29H48B3NO15. The lowest BCUT2D eigenvalue weighted by Gasteiger charge is -2.18. The van der Waals surface area contributed by atoms with Crippen molar-refractivity contribution in [2.45, 2.75) is 127 Å². The molecule has 0 aromatic heterocycles. The van der Waals surface area contributed by atoms with Crippen LogP contribution in [0.5, 0.6) is 0 Å². The zero-order valence-corrected chi connectivity index (χ0v) is 28.0. The van der Waals surface area contributed by atoms with Crippen molar-refractivity contribution < 1.29 is 72.5 Å². The second-order valence-electron chi connectivity index (χ2n) is 10.5. The van der Waals surface area contributed by atoms with E-state index in [1.807, 2.05) is 0 Å². The molecule has 3 fully saturated rings. The first kappa shape index (κ1) is 45.3. The maximum absolute atomic E-state index is 11.2. The SMILES string of the molecule is CCC(=O)O.[B][C@@H]1CC(O)[C@H](CO)O1.[B][C@@H]1CC(OC(=O)CC)[C@H](COC(=O)CC)O1.[B][C@@H]1CC(OC(=O)CC)[C@H](COC(=O)CN)O1. The van der Waals surface area contributed by atoms with Crippen molar-refractivity contribution in [1.82, 2.24) is 0 Å². The highest BCUT2D eigenvalue weighted by Crippen LogP contribution is 2.23. The van der Waals surface area contributed by atoms with Crippen molar-refractivity contribution in [3.63, 3.8) is 0 Å². The van der Waals surface area contributed by atoms with Crippen LogP contribution in [0.3, 0.4) is 0 Å². The highest BCUT2D eigenvalue weighted by atomic mass is 16.6. The quantitative estimate of drug-likeness (QED) is 0.107. The lowest BCUT2D eigenvalue weighted by atomic mass is 9.96. The Labute approximate surface area is 285 Å². The third kappa shape index (κ3) is 19.3. The number of carbonyl (C=O) groups excluding carboxylic acids is 4. The summed E-state index contributed by atoms with van der Waals surface area (Å²) in [6.45, 7) is 6.42. The Kier molecular flexibility index (Phi) is 23.9.